The molecule has 106 valence electrons. The highest BCUT2D eigenvalue weighted by atomic mass is 19.1. The number of nitrogens with one attached hydrogen (secondary N) is 1. The van der Waals surface area contributed by atoms with Crippen LogP contribution >= 0.6 is 0 Å². The zero-order chi connectivity index (χ0) is 15.0. The minimum atomic E-state index is -1.17. The standard InChI is InChI=1S/C14H15FN2O3/c15-11-7-4-3-6-10(11)13(18)17-12(14(19)20)8-2-1-5-9-16/h3-4,6-7,12H,1-2,5,8H2,(H,17,18)(H,19,20)/t12-/m1/s1. The Kier molecular flexibility index (Phi) is 6.17. The molecule has 0 saturated carbocycles. The van der Waals surface area contributed by atoms with Crippen molar-refractivity contribution in [1.82, 2.24) is 5.32 Å². The summed E-state index contributed by atoms with van der Waals surface area (Å²) in [7, 11) is 0. The molecule has 20 heavy (non-hydrogen) atoms. The van der Waals surface area contributed by atoms with Gasteiger partial charge in [0.05, 0.1) is 11.6 Å². The quantitative estimate of drug-likeness (QED) is 0.747. The summed E-state index contributed by atoms with van der Waals surface area (Å²) in [5.41, 5.74) is -0.184. The van der Waals surface area contributed by atoms with Gasteiger partial charge in [0.25, 0.3) is 5.91 Å². The van der Waals surface area contributed by atoms with Crippen molar-refractivity contribution in [2.75, 3.05) is 0 Å². The number of hydrogen-bond acceptors (Lipinski definition) is 3. The van der Waals surface area contributed by atoms with Crippen LogP contribution in [0.3, 0.4) is 0 Å². The molecule has 1 amide bonds. The van der Waals surface area contributed by atoms with Gasteiger partial charge in [0.1, 0.15) is 11.9 Å². The number of amides is 1. The maximum atomic E-state index is 13.4. The number of aliphatic carboxylic acids is 1. The Morgan fingerprint density at radius 2 is 2.05 bits per heavy atom. The van der Waals surface area contributed by atoms with Gasteiger partial charge in [-0.15, -0.1) is 0 Å². The van der Waals surface area contributed by atoms with E-state index in [1.54, 1.807) is 0 Å². The number of rotatable bonds is 7. The van der Waals surface area contributed by atoms with Crippen molar-refractivity contribution in [3.63, 3.8) is 0 Å². The minimum Gasteiger partial charge on any atom is -0.480 e. The van der Waals surface area contributed by atoms with Crippen molar-refractivity contribution in [2.45, 2.75) is 31.7 Å². The second-order valence-corrected chi connectivity index (χ2v) is 4.25. The number of halogens is 1. The van der Waals surface area contributed by atoms with E-state index in [1.165, 1.54) is 18.2 Å². The first-order chi connectivity index (χ1) is 9.56. The third-order valence-corrected chi connectivity index (χ3v) is 2.75. The van der Waals surface area contributed by atoms with Crippen LogP contribution in [0.15, 0.2) is 24.3 Å². The number of hydrogen-bond donors (Lipinski definition) is 2. The number of nitriles is 1. The first-order valence-corrected chi connectivity index (χ1v) is 6.21. The third kappa shape index (κ3) is 4.69. The van der Waals surface area contributed by atoms with Crippen molar-refractivity contribution in [1.29, 1.82) is 5.26 Å². The van der Waals surface area contributed by atoms with E-state index in [0.717, 1.165) is 6.07 Å². The van der Waals surface area contributed by atoms with Crippen molar-refractivity contribution in [3.05, 3.63) is 35.6 Å². The normalized spacial score (nSPS) is 11.4. The topological polar surface area (TPSA) is 90.2 Å². The van der Waals surface area contributed by atoms with Gasteiger partial charge in [-0.1, -0.05) is 12.1 Å². The Bertz CT molecular complexity index is 525. The molecule has 1 aromatic rings. The zero-order valence-corrected chi connectivity index (χ0v) is 10.8. The largest absolute Gasteiger partial charge is 0.480 e. The summed E-state index contributed by atoms with van der Waals surface area (Å²) in [6.07, 6.45) is 1.61. The lowest BCUT2D eigenvalue weighted by Crippen LogP contribution is -2.41. The molecule has 0 aromatic heterocycles. The highest BCUT2D eigenvalue weighted by Gasteiger charge is 2.21. The molecule has 0 aliphatic carbocycles. The fourth-order valence-corrected chi connectivity index (χ4v) is 1.69. The lowest BCUT2D eigenvalue weighted by atomic mass is 10.1. The van der Waals surface area contributed by atoms with Crippen LogP contribution < -0.4 is 5.32 Å². The third-order valence-electron chi connectivity index (χ3n) is 2.75. The van der Waals surface area contributed by atoms with Gasteiger partial charge in [0, 0.05) is 6.42 Å². The molecule has 0 saturated heterocycles. The number of benzene rings is 1. The summed E-state index contributed by atoms with van der Waals surface area (Å²) in [5, 5.41) is 19.7. The van der Waals surface area contributed by atoms with Gasteiger partial charge in [0.15, 0.2) is 0 Å². The Morgan fingerprint density at radius 1 is 1.35 bits per heavy atom. The molecule has 0 unspecified atom stereocenters. The number of carboxylic acid groups (broad SMARTS) is 1. The predicted octanol–water partition coefficient (Wildman–Crippen LogP) is 2.09. The first-order valence-electron chi connectivity index (χ1n) is 6.21. The summed E-state index contributed by atoms with van der Waals surface area (Å²) in [6, 6.07) is 6.25. The Morgan fingerprint density at radius 3 is 2.65 bits per heavy atom. The van der Waals surface area contributed by atoms with E-state index in [-0.39, 0.29) is 12.0 Å². The molecule has 1 atom stereocenters. The lowest BCUT2D eigenvalue weighted by molar-refractivity contribution is -0.139. The molecule has 0 heterocycles. The molecule has 0 bridgehead atoms. The number of unbranched alkanes of at least 4 members (excludes halogenated alkanes) is 2. The molecule has 0 radical (unpaired) electrons. The van der Waals surface area contributed by atoms with E-state index in [0.29, 0.717) is 19.3 Å². The summed E-state index contributed by atoms with van der Waals surface area (Å²) in [5.74, 6) is -2.62. The fourth-order valence-electron chi connectivity index (χ4n) is 1.69. The number of carbonyl (C=O) groups excluding carboxylic acids is 1. The fraction of sp³-hybridized carbons (Fsp3) is 0.357. The van der Waals surface area contributed by atoms with E-state index < -0.39 is 23.7 Å². The molecular weight excluding hydrogens is 263 g/mol. The molecule has 0 spiro atoms. The van der Waals surface area contributed by atoms with Crippen molar-refractivity contribution in [3.8, 4) is 6.07 Å². The highest BCUT2D eigenvalue weighted by molar-refractivity contribution is 5.96. The zero-order valence-electron chi connectivity index (χ0n) is 10.8. The van der Waals surface area contributed by atoms with Crippen LogP contribution in [0.1, 0.15) is 36.0 Å². The van der Waals surface area contributed by atoms with Gasteiger partial charge in [-0.3, -0.25) is 4.79 Å². The van der Waals surface area contributed by atoms with Crippen molar-refractivity contribution >= 4 is 11.9 Å². The minimum absolute atomic E-state index is 0.184. The van der Waals surface area contributed by atoms with Crippen molar-refractivity contribution in [2.24, 2.45) is 0 Å². The average Bonchev–Trinajstić information content (AvgIpc) is 2.42. The summed E-state index contributed by atoms with van der Waals surface area (Å²) in [4.78, 5) is 22.8. The average molecular weight is 278 g/mol. The second kappa shape index (κ2) is 7.89. The summed E-state index contributed by atoms with van der Waals surface area (Å²) in [6.45, 7) is 0. The monoisotopic (exact) mass is 278 g/mol. The number of carbonyl (C=O) groups is 2. The Labute approximate surface area is 116 Å². The van der Waals surface area contributed by atoms with E-state index in [1.807, 2.05) is 6.07 Å². The van der Waals surface area contributed by atoms with Crippen LogP contribution in [0, 0.1) is 17.1 Å². The predicted molar refractivity (Wildman–Crippen MR) is 69.4 cm³/mol. The van der Waals surface area contributed by atoms with Gasteiger partial charge in [-0.2, -0.15) is 5.26 Å². The van der Waals surface area contributed by atoms with Gasteiger partial charge >= 0.3 is 5.97 Å². The Hall–Kier alpha value is -2.42. The Balaban J connectivity index is 2.62. The second-order valence-electron chi connectivity index (χ2n) is 4.25. The van der Waals surface area contributed by atoms with E-state index in [4.69, 9.17) is 10.4 Å². The highest BCUT2D eigenvalue weighted by Crippen LogP contribution is 2.09. The number of nitrogens with zero attached hydrogens (tertiary/aromatic N) is 1. The number of carboxylic acids is 1. The molecular formula is C14H15FN2O3. The summed E-state index contributed by atoms with van der Waals surface area (Å²) < 4.78 is 13.4. The van der Waals surface area contributed by atoms with Crippen molar-refractivity contribution < 1.29 is 19.1 Å². The van der Waals surface area contributed by atoms with Crippen LogP contribution in [-0.4, -0.2) is 23.0 Å². The maximum Gasteiger partial charge on any atom is 0.326 e. The molecule has 1 rings (SSSR count). The summed E-state index contributed by atoms with van der Waals surface area (Å²) >= 11 is 0. The van der Waals surface area contributed by atoms with Gasteiger partial charge in [-0.25, -0.2) is 9.18 Å². The molecule has 5 nitrogen and oxygen atoms in total. The van der Waals surface area contributed by atoms with E-state index in [9.17, 15) is 14.0 Å². The molecule has 1 aromatic carbocycles. The molecule has 0 aliphatic heterocycles. The van der Waals surface area contributed by atoms with E-state index >= 15 is 0 Å². The maximum absolute atomic E-state index is 13.4. The lowest BCUT2D eigenvalue weighted by Gasteiger charge is -2.14. The van der Waals surface area contributed by atoms with E-state index in [2.05, 4.69) is 5.32 Å². The van der Waals surface area contributed by atoms with Crippen LogP contribution in [0.5, 0.6) is 0 Å². The van der Waals surface area contributed by atoms with Gasteiger partial charge in [0.2, 0.25) is 0 Å². The van der Waals surface area contributed by atoms with Gasteiger partial charge in [-0.05, 0) is 31.4 Å². The van der Waals surface area contributed by atoms with Crippen LogP contribution in [-0.2, 0) is 4.79 Å². The van der Waals surface area contributed by atoms with Gasteiger partial charge < -0.3 is 10.4 Å². The molecule has 6 heteroatoms. The first kappa shape index (κ1) is 15.6. The molecule has 0 aliphatic rings. The van der Waals surface area contributed by atoms with Crippen LogP contribution in [0.4, 0.5) is 4.39 Å². The molecule has 2 N–H and O–H groups in total. The molecule has 0 fully saturated rings. The van der Waals surface area contributed by atoms with Crippen LogP contribution in [0.2, 0.25) is 0 Å². The SMILES string of the molecule is N#CCCCC[C@@H](NC(=O)c1ccccc1F)C(=O)O. The van der Waals surface area contributed by atoms with Crippen LogP contribution in [0.25, 0.3) is 0 Å². The smallest absolute Gasteiger partial charge is 0.326 e.